The third kappa shape index (κ3) is 3.29. The van der Waals surface area contributed by atoms with Gasteiger partial charge in [0.1, 0.15) is 5.76 Å². The zero-order valence-corrected chi connectivity index (χ0v) is 17.1. The number of H-pyrrole nitrogens is 1. The van der Waals surface area contributed by atoms with Crippen LogP contribution in [0.3, 0.4) is 0 Å². The van der Waals surface area contributed by atoms with Crippen molar-refractivity contribution in [2.75, 3.05) is 0 Å². The molecule has 2 heterocycles. The quantitative estimate of drug-likeness (QED) is 0.678. The Hall–Kier alpha value is -2.38. The van der Waals surface area contributed by atoms with Crippen molar-refractivity contribution in [1.82, 2.24) is 9.71 Å². The van der Waals surface area contributed by atoms with Gasteiger partial charge >= 0.3 is 0 Å². The standard InChI is InChI=1S/C21H24N2O4S/c1-4-13-8-15-16(23-17-10-21(2,3)11-18(24)20(15)17)9-19(13)28(25,26)22-12-14-6-5-7-27-14/h5-9,22-23H,4,10-12H2,1-3H3. The van der Waals surface area contributed by atoms with Gasteiger partial charge in [-0.3, -0.25) is 4.79 Å². The molecule has 1 aromatic carbocycles. The van der Waals surface area contributed by atoms with Crippen molar-refractivity contribution in [2.45, 2.75) is 51.5 Å². The van der Waals surface area contributed by atoms with Crippen LogP contribution in [0.25, 0.3) is 10.9 Å². The summed E-state index contributed by atoms with van der Waals surface area (Å²) in [7, 11) is -3.72. The molecule has 0 fully saturated rings. The maximum Gasteiger partial charge on any atom is 0.241 e. The summed E-state index contributed by atoms with van der Waals surface area (Å²) >= 11 is 0. The molecular weight excluding hydrogens is 376 g/mol. The minimum absolute atomic E-state index is 0.0877. The molecule has 0 atom stereocenters. The van der Waals surface area contributed by atoms with E-state index < -0.39 is 10.0 Å². The van der Waals surface area contributed by atoms with E-state index >= 15 is 0 Å². The molecule has 4 rings (SSSR count). The lowest BCUT2D eigenvalue weighted by Crippen LogP contribution is -2.26. The Labute approximate surface area is 164 Å². The highest BCUT2D eigenvalue weighted by atomic mass is 32.2. The molecule has 148 valence electrons. The second-order valence-electron chi connectivity index (χ2n) is 8.18. The number of sulfonamides is 1. The number of aryl methyl sites for hydroxylation is 1. The van der Waals surface area contributed by atoms with Gasteiger partial charge in [-0.2, -0.15) is 0 Å². The molecule has 0 bridgehead atoms. The van der Waals surface area contributed by atoms with Crippen LogP contribution in [0.1, 0.15) is 54.6 Å². The number of rotatable bonds is 5. The molecule has 28 heavy (non-hydrogen) atoms. The summed E-state index contributed by atoms with van der Waals surface area (Å²) in [4.78, 5) is 16.3. The Morgan fingerprint density at radius 2 is 2.04 bits per heavy atom. The number of hydrogen-bond donors (Lipinski definition) is 2. The highest BCUT2D eigenvalue weighted by Crippen LogP contribution is 2.39. The van der Waals surface area contributed by atoms with Gasteiger partial charge in [-0.15, -0.1) is 0 Å². The Morgan fingerprint density at radius 1 is 1.25 bits per heavy atom. The Balaban J connectivity index is 1.78. The van der Waals surface area contributed by atoms with Crippen LogP contribution in [0.15, 0.2) is 39.8 Å². The van der Waals surface area contributed by atoms with Gasteiger partial charge in [0, 0.05) is 28.6 Å². The zero-order valence-electron chi connectivity index (χ0n) is 16.3. The minimum Gasteiger partial charge on any atom is -0.468 e. The van der Waals surface area contributed by atoms with Crippen molar-refractivity contribution >= 4 is 26.7 Å². The number of carbonyl (C=O) groups excluding carboxylic acids is 1. The maximum absolute atomic E-state index is 12.9. The predicted molar refractivity (Wildman–Crippen MR) is 107 cm³/mol. The van der Waals surface area contributed by atoms with Crippen LogP contribution in [-0.4, -0.2) is 19.2 Å². The minimum atomic E-state index is -3.72. The lowest BCUT2D eigenvalue weighted by molar-refractivity contribution is 0.0913. The predicted octanol–water partition coefficient (Wildman–Crippen LogP) is 3.96. The van der Waals surface area contributed by atoms with E-state index in [1.165, 1.54) is 6.26 Å². The molecule has 6 nitrogen and oxygen atoms in total. The number of nitrogens with one attached hydrogen (secondary N) is 2. The summed E-state index contributed by atoms with van der Waals surface area (Å²) in [6.45, 7) is 6.15. The van der Waals surface area contributed by atoms with Crippen molar-refractivity contribution in [1.29, 1.82) is 0 Å². The highest BCUT2D eigenvalue weighted by Gasteiger charge is 2.34. The van der Waals surface area contributed by atoms with Gasteiger partial charge in [-0.25, -0.2) is 13.1 Å². The van der Waals surface area contributed by atoms with E-state index in [1.807, 2.05) is 13.0 Å². The number of aromatic nitrogens is 1. The normalized spacial score (nSPS) is 16.5. The molecule has 0 radical (unpaired) electrons. The van der Waals surface area contributed by atoms with Gasteiger partial charge in [-0.1, -0.05) is 20.8 Å². The number of Topliss-reactive ketones (excluding diaryl/α,β-unsaturated/α-hetero) is 1. The number of fused-ring (bicyclic) bond motifs is 3. The molecule has 2 N–H and O–H groups in total. The van der Waals surface area contributed by atoms with Crippen LogP contribution in [0.4, 0.5) is 0 Å². The number of ketones is 1. The first-order valence-corrected chi connectivity index (χ1v) is 10.9. The fourth-order valence-corrected chi connectivity index (χ4v) is 5.33. The average molecular weight is 401 g/mol. The van der Waals surface area contributed by atoms with Crippen LogP contribution >= 0.6 is 0 Å². The first-order valence-electron chi connectivity index (χ1n) is 9.43. The smallest absolute Gasteiger partial charge is 0.241 e. The van der Waals surface area contributed by atoms with Gasteiger partial charge in [-0.05, 0) is 48.1 Å². The maximum atomic E-state index is 12.9. The number of aromatic amines is 1. The summed E-state index contributed by atoms with van der Waals surface area (Å²) in [5.41, 5.74) is 2.90. The van der Waals surface area contributed by atoms with Crippen LogP contribution in [0.2, 0.25) is 0 Å². The van der Waals surface area contributed by atoms with Crippen LogP contribution in [-0.2, 0) is 29.4 Å². The SMILES string of the molecule is CCc1cc2c3c([nH]c2cc1S(=O)(=O)NCc1ccco1)CC(C)(C)CC3=O. The lowest BCUT2D eigenvalue weighted by Gasteiger charge is -2.28. The molecule has 0 saturated heterocycles. The van der Waals surface area contributed by atoms with E-state index in [0.29, 0.717) is 29.7 Å². The van der Waals surface area contributed by atoms with E-state index in [-0.39, 0.29) is 22.6 Å². The molecule has 3 aromatic rings. The number of carbonyl (C=O) groups is 1. The van der Waals surface area contributed by atoms with Gasteiger partial charge in [0.15, 0.2) is 5.78 Å². The monoisotopic (exact) mass is 400 g/mol. The molecule has 0 spiro atoms. The molecule has 0 amide bonds. The third-order valence-electron chi connectivity index (χ3n) is 5.32. The van der Waals surface area contributed by atoms with Crippen molar-refractivity contribution in [3.8, 4) is 0 Å². The molecule has 0 aliphatic heterocycles. The van der Waals surface area contributed by atoms with E-state index in [9.17, 15) is 13.2 Å². The lowest BCUT2D eigenvalue weighted by atomic mass is 9.76. The Bertz CT molecular complexity index is 1150. The molecular formula is C21H24N2O4S. The largest absolute Gasteiger partial charge is 0.468 e. The molecule has 1 aliphatic rings. The van der Waals surface area contributed by atoms with Gasteiger partial charge < -0.3 is 9.40 Å². The van der Waals surface area contributed by atoms with Crippen molar-refractivity contribution in [3.05, 3.63) is 53.1 Å². The number of furan rings is 1. The Morgan fingerprint density at radius 3 is 2.71 bits per heavy atom. The first kappa shape index (κ1) is 19.0. The molecule has 2 aromatic heterocycles. The summed E-state index contributed by atoms with van der Waals surface area (Å²) < 4.78 is 33.7. The summed E-state index contributed by atoms with van der Waals surface area (Å²) in [6.07, 6.45) is 3.32. The molecule has 0 saturated carbocycles. The van der Waals surface area contributed by atoms with E-state index in [4.69, 9.17) is 4.42 Å². The molecule has 7 heteroatoms. The summed E-state index contributed by atoms with van der Waals surface area (Å²) in [5, 5.41) is 0.817. The highest BCUT2D eigenvalue weighted by molar-refractivity contribution is 7.89. The van der Waals surface area contributed by atoms with E-state index in [0.717, 1.165) is 23.1 Å². The summed E-state index contributed by atoms with van der Waals surface area (Å²) in [5.74, 6) is 0.664. The molecule has 1 aliphatic carbocycles. The fraction of sp³-hybridized carbons (Fsp3) is 0.381. The van der Waals surface area contributed by atoms with Crippen LogP contribution in [0.5, 0.6) is 0 Å². The van der Waals surface area contributed by atoms with Crippen molar-refractivity contribution in [3.63, 3.8) is 0 Å². The van der Waals surface area contributed by atoms with Crippen LogP contribution < -0.4 is 4.72 Å². The van der Waals surface area contributed by atoms with Crippen molar-refractivity contribution in [2.24, 2.45) is 5.41 Å². The van der Waals surface area contributed by atoms with Crippen molar-refractivity contribution < 1.29 is 17.6 Å². The third-order valence-corrected chi connectivity index (χ3v) is 6.80. The van der Waals surface area contributed by atoms with E-state index in [2.05, 4.69) is 23.6 Å². The zero-order chi connectivity index (χ0) is 20.1. The fourth-order valence-electron chi connectivity index (χ4n) is 4.02. The van der Waals surface area contributed by atoms with Gasteiger partial charge in [0.05, 0.1) is 17.7 Å². The van der Waals surface area contributed by atoms with E-state index in [1.54, 1.807) is 18.2 Å². The average Bonchev–Trinajstić information content (AvgIpc) is 3.24. The second-order valence-corrected chi connectivity index (χ2v) is 9.92. The number of hydrogen-bond acceptors (Lipinski definition) is 4. The summed E-state index contributed by atoms with van der Waals surface area (Å²) in [6, 6.07) is 6.94. The topological polar surface area (TPSA) is 92.2 Å². The molecule has 0 unspecified atom stereocenters. The van der Waals surface area contributed by atoms with Gasteiger partial charge in [0.25, 0.3) is 0 Å². The second kappa shape index (κ2) is 6.60. The van der Waals surface area contributed by atoms with Crippen LogP contribution in [0, 0.1) is 5.41 Å². The van der Waals surface area contributed by atoms with Gasteiger partial charge in [0.2, 0.25) is 10.0 Å². The first-order chi connectivity index (χ1) is 13.2. The number of benzene rings is 1. The Kier molecular flexibility index (Phi) is 4.47.